The molecule has 0 aromatic heterocycles. The van der Waals surface area contributed by atoms with Crippen molar-refractivity contribution in [2.45, 2.75) is 13.3 Å². The van der Waals surface area contributed by atoms with Crippen LogP contribution in [0.1, 0.15) is 23.7 Å². The van der Waals surface area contributed by atoms with E-state index in [-0.39, 0.29) is 5.78 Å². The van der Waals surface area contributed by atoms with Gasteiger partial charge in [0.1, 0.15) is 0 Å². The molecule has 1 rings (SSSR count). The number of carbonyl (C=O) groups is 1. The molecule has 0 bridgehead atoms. The topological polar surface area (TPSA) is 17.1 Å². The summed E-state index contributed by atoms with van der Waals surface area (Å²) in [6.07, 6.45) is 4.26. The quantitative estimate of drug-likeness (QED) is 0.491. The standard InChI is InChI=1S/C11H12O/c1-2-3-9-11(12)10-7-5-4-6-8-10/h2-8H,9H2,1H3. The van der Waals surface area contributed by atoms with E-state index >= 15 is 0 Å². The van der Waals surface area contributed by atoms with Gasteiger partial charge in [0.25, 0.3) is 0 Å². The minimum atomic E-state index is 0.175. The number of hydrogen-bond acceptors (Lipinski definition) is 1. The lowest BCUT2D eigenvalue weighted by Crippen LogP contribution is -1.95. The fourth-order valence-corrected chi connectivity index (χ4v) is 0.967. The predicted octanol–water partition coefficient (Wildman–Crippen LogP) is 2.84. The van der Waals surface area contributed by atoms with Crippen molar-refractivity contribution in [3.63, 3.8) is 0 Å². The molecule has 0 aliphatic carbocycles. The third kappa shape index (κ3) is 2.35. The van der Waals surface area contributed by atoms with E-state index in [4.69, 9.17) is 0 Å². The molecule has 0 atom stereocenters. The zero-order valence-electron chi connectivity index (χ0n) is 7.16. The van der Waals surface area contributed by atoms with Crippen LogP contribution in [0.4, 0.5) is 0 Å². The number of benzene rings is 1. The van der Waals surface area contributed by atoms with Crippen molar-refractivity contribution in [1.82, 2.24) is 0 Å². The highest BCUT2D eigenvalue weighted by Gasteiger charge is 2.00. The van der Waals surface area contributed by atoms with Gasteiger partial charge < -0.3 is 0 Å². The number of Topliss-reactive ketones (excluding diaryl/α,β-unsaturated/α-hetero) is 1. The lowest BCUT2D eigenvalue weighted by atomic mass is 10.1. The first kappa shape index (κ1) is 8.72. The Morgan fingerprint density at radius 3 is 2.58 bits per heavy atom. The molecule has 0 saturated carbocycles. The summed E-state index contributed by atoms with van der Waals surface area (Å²) < 4.78 is 0. The van der Waals surface area contributed by atoms with Crippen LogP contribution in [-0.4, -0.2) is 5.78 Å². The molecule has 1 aromatic rings. The summed E-state index contributed by atoms with van der Waals surface area (Å²) in [5.74, 6) is 0.175. The van der Waals surface area contributed by atoms with Crippen LogP contribution in [0.15, 0.2) is 42.5 Å². The molecule has 62 valence electrons. The summed E-state index contributed by atoms with van der Waals surface area (Å²) in [5, 5.41) is 0. The maximum atomic E-state index is 11.4. The molecule has 1 nitrogen and oxygen atoms in total. The van der Waals surface area contributed by atoms with E-state index in [0.717, 1.165) is 5.56 Å². The smallest absolute Gasteiger partial charge is 0.166 e. The second-order valence-corrected chi connectivity index (χ2v) is 2.56. The van der Waals surface area contributed by atoms with Crippen LogP contribution in [0.3, 0.4) is 0 Å². The molecular formula is C11H12O. The van der Waals surface area contributed by atoms with Gasteiger partial charge in [-0.15, -0.1) is 0 Å². The van der Waals surface area contributed by atoms with Crippen molar-refractivity contribution >= 4 is 5.78 Å². The lowest BCUT2D eigenvalue weighted by molar-refractivity contribution is 0.0996. The summed E-state index contributed by atoms with van der Waals surface area (Å²) in [5.41, 5.74) is 0.788. The normalized spacial score (nSPS) is 10.4. The SMILES string of the molecule is CC=CCC(=O)c1ccccc1. The first-order valence-corrected chi connectivity index (χ1v) is 4.04. The summed E-state index contributed by atoms with van der Waals surface area (Å²) in [4.78, 5) is 11.4. The van der Waals surface area contributed by atoms with Gasteiger partial charge in [0.2, 0.25) is 0 Å². The van der Waals surface area contributed by atoms with E-state index in [1.165, 1.54) is 0 Å². The summed E-state index contributed by atoms with van der Waals surface area (Å²) in [7, 11) is 0. The monoisotopic (exact) mass is 160 g/mol. The van der Waals surface area contributed by atoms with Crippen molar-refractivity contribution in [2.75, 3.05) is 0 Å². The van der Waals surface area contributed by atoms with Gasteiger partial charge in [-0.3, -0.25) is 4.79 Å². The third-order valence-electron chi connectivity index (χ3n) is 1.63. The summed E-state index contributed by atoms with van der Waals surface area (Å²) >= 11 is 0. The Labute approximate surface area is 72.7 Å². The highest BCUT2D eigenvalue weighted by molar-refractivity contribution is 5.96. The number of carbonyl (C=O) groups excluding carboxylic acids is 1. The van der Waals surface area contributed by atoms with Gasteiger partial charge in [0, 0.05) is 12.0 Å². The van der Waals surface area contributed by atoms with Crippen molar-refractivity contribution < 1.29 is 4.79 Å². The van der Waals surface area contributed by atoms with E-state index in [1.54, 1.807) is 0 Å². The Bertz CT molecular complexity index is 272. The number of allylic oxidation sites excluding steroid dienone is 2. The van der Waals surface area contributed by atoms with Gasteiger partial charge in [0.15, 0.2) is 5.78 Å². The van der Waals surface area contributed by atoms with Crippen LogP contribution in [0.25, 0.3) is 0 Å². The lowest BCUT2D eigenvalue weighted by Gasteiger charge is -1.94. The Balaban J connectivity index is 2.66. The first-order chi connectivity index (χ1) is 5.84. The van der Waals surface area contributed by atoms with Crippen molar-refractivity contribution in [3.8, 4) is 0 Å². The Hall–Kier alpha value is -1.37. The van der Waals surface area contributed by atoms with Crippen LogP contribution in [0.5, 0.6) is 0 Å². The minimum Gasteiger partial charge on any atom is -0.294 e. The predicted molar refractivity (Wildman–Crippen MR) is 50.2 cm³/mol. The fourth-order valence-electron chi connectivity index (χ4n) is 0.967. The second-order valence-electron chi connectivity index (χ2n) is 2.56. The van der Waals surface area contributed by atoms with Crippen molar-refractivity contribution in [1.29, 1.82) is 0 Å². The Morgan fingerprint density at radius 1 is 1.33 bits per heavy atom. The molecule has 1 heteroatoms. The van der Waals surface area contributed by atoms with Gasteiger partial charge in [0.05, 0.1) is 0 Å². The van der Waals surface area contributed by atoms with Crippen molar-refractivity contribution in [3.05, 3.63) is 48.0 Å². The van der Waals surface area contributed by atoms with Crippen LogP contribution >= 0.6 is 0 Å². The van der Waals surface area contributed by atoms with Gasteiger partial charge in [-0.2, -0.15) is 0 Å². The van der Waals surface area contributed by atoms with Gasteiger partial charge in [-0.25, -0.2) is 0 Å². The van der Waals surface area contributed by atoms with E-state index in [9.17, 15) is 4.79 Å². The molecule has 1 aromatic carbocycles. The minimum absolute atomic E-state index is 0.175. The number of ketones is 1. The first-order valence-electron chi connectivity index (χ1n) is 4.04. The van der Waals surface area contributed by atoms with E-state index in [0.29, 0.717) is 6.42 Å². The van der Waals surface area contributed by atoms with Crippen LogP contribution in [0.2, 0.25) is 0 Å². The fraction of sp³-hybridized carbons (Fsp3) is 0.182. The van der Waals surface area contributed by atoms with Crippen molar-refractivity contribution in [2.24, 2.45) is 0 Å². The van der Waals surface area contributed by atoms with Crippen LogP contribution < -0.4 is 0 Å². The molecule has 0 fully saturated rings. The average molecular weight is 160 g/mol. The maximum absolute atomic E-state index is 11.4. The van der Waals surface area contributed by atoms with Crippen LogP contribution in [-0.2, 0) is 0 Å². The molecule has 0 radical (unpaired) electrons. The zero-order chi connectivity index (χ0) is 8.81. The van der Waals surface area contributed by atoms with E-state index in [1.807, 2.05) is 49.4 Å². The second kappa shape index (κ2) is 4.50. The highest BCUT2D eigenvalue weighted by atomic mass is 16.1. The van der Waals surface area contributed by atoms with E-state index in [2.05, 4.69) is 0 Å². The Kier molecular flexibility index (Phi) is 3.27. The third-order valence-corrected chi connectivity index (χ3v) is 1.63. The van der Waals surface area contributed by atoms with Gasteiger partial charge in [-0.05, 0) is 6.92 Å². The summed E-state index contributed by atoms with van der Waals surface area (Å²) in [6, 6.07) is 9.34. The molecular weight excluding hydrogens is 148 g/mol. The molecule has 0 aliphatic heterocycles. The van der Waals surface area contributed by atoms with Gasteiger partial charge in [-0.1, -0.05) is 42.5 Å². The molecule has 0 saturated heterocycles. The van der Waals surface area contributed by atoms with E-state index < -0.39 is 0 Å². The Morgan fingerprint density at radius 2 is 2.00 bits per heavy atom. The molecule has 0 unspecified atom stereocenters. The molecule has 12 heavy (non-hydrogen) atoms. The molecule has 0 aliphatic rings. The maximum Gasteiger partial charge on any atom is 0.166 e. The molecule has 0 heterocycles. The number of hydrogen-bond donors (Lipinski definition) is 0. The van der Waals surface area contributed by atoms with Crippen LogP contribution in [0, 0.1) is 0 Å². The average Bonchev–Trinajstić information content (AvgIpc) is 2.15. The highest BCUT2D eigenvalue weighted by Crippen LogP contribution is 2.02. The van der Waals surface area contributed by atoms with Gasteiger partial charge >= 0.3 is 0 Å². The molecule has 0 N–H and O–H groups in total. The zero-order valence-corrected chi connectivity index (χ0v) is 7.16. The molecule has 0 spiro atoms. The largest absolute Gasteiger partial charge is 0.294 e. The molecule has 0 amide bonds. The number of rotatable bonds is 3. The summed E-state index contributed by atoms with van der Waals surface area (Å²) in [6.45, 7) is 1.91.